The minimum absolute atomic E-state index is 0.0387. The summed E-state index contributed by atoms with van der Waals surface area (Å²) in [6, 6.07) is 10.3. The first-order valence-electron chi connectivity index (χ1n) is 7.95. The molecule has 5 nitrogen and oxygen atoms in total. The van der Waals surface area contributed by atoms with E-state index in [1.807, 2.05) is 18.2 Å². The van der Waals surface area contributed by atoms with Crippen LogP contribution in [-0.4, -0.2) is 36.5 Å². The van der Waals surface area contributed by atoms with Crippen LogP contribution in [0, 0.1) is 5.92 Å². The fraction of sp³-hybridized carbons (Fsp3) is 0.529. The van der Waals surface area contributed by atoms with Gasteiger partial charge in [0.1, 0.15) is 0 Å². The van der Waals surface area contributed by atoms with Crippen molar-refractivity contribution in [1.29, 1.82) is 0 Å². The summed E-state index contributed by atoms with van der Waals surface area (Å²) in [5, 5.41) is 2.97. The Morgan fingerprint density at radius 1 is 1.27 bits per heavy atom. The van der Waals surface area contributed by atoms with Crippen molar-refractivity contribution in [2.45, 2.75) is 32.1 Å². The van der Waals surface area contributed by atoms with Gasteiger partial charge in [-0.15, -0.1) is 0 Å². The molecule has 1 heterocycles. The second kappa shape index (κ2) is 7.82. The number of carbonyl (C=O) groups is 2. The van der Waals surface area contributed by atoms with E-state index in [1.165, 1.54) is 5.56 Å². The average Bonchev–Trinajstić information content (AvgIpc) is 2.55. The monoisotopic (exact) mass is 303 g/mol. The van der Waals surface area contributed by atoms with E-state index >= 15 is 0 Å². The Morgan fingerprint density at radius 3 is 2.50 bits per heavy atom. The predicted molar refractivity (Wildman–Crippen MR) is 86.4 cm³/mol. The molecule has 0 bridgehead atoms. The van der Waals surface area contributed by atoms with Crippen molar-refractivity contribution in [2.24, 2.45) is 11.7 Å². The largest absolute Gasteiger partial charge is 0.369 e. The molecule has 120 valence electrons. The van der Waals surface area contributed by atoms with E-state index in [1.54, 1.807) is 4.90 Å². The molecule has 0 unspecified atom stereocenters. The minimum Gasteiger partial charge on any atom is -0.369 e. The third-order valence-corrected chi connectivity index (χ3v) is 4.41. The smallest absolute Gasteiger partial charge is 0.317 e. The van der Waals surface area contributed by atoms with Gasteiger partial charge in [-0.05, 0) is 30.7 Å². The zero-order valence-electron chi connectivity index (χ0n) is 13.1. The number of likely N-dealkylation sites (tertiary alicyclic amines) is 1. The van der Waals surface area contributed by atoms with Crippen LogP contribution in [0.5, 0.6) is 0 Å². The number of nitrogens with one attached hydrogen (secondary N) is 1. The summed E-state index contributed by atoms with van der Waals surface area (Å²) < 4.78 is 0. The Labute approximate surface area is 131 Å². The van der Waals surface area contributed by atoms with Gasteiger partial charge in [0.25, 0.3) is 0 Å². The molecule has 0 aromatic heterocycles. The number of hydrogen-bond acceptors (Lipinski definition) is 2. The number of carbonyl (C=O) groups excluding carboxylic acids is 2. The maximum atomic E-state index is 12.1. The van der Waals surface area contributed by atoms with Crippen LogP contribution < -0.4 is 11.1 Å². The van der Waals surface area contributed by atoms with E-state index in [0.29, 0.717) is 38.4 Å². The van der Waals surface area contributed by atoms with E-state index in [9.17, 15) is 9.59 Å². The maximum Gasteiger partial charge on any atom is 0.317 e. The molecule has 1 aromatic carbocycles. The van der Waals surface area contributed by atoms with E-state index in [2.05, 4.69) is 24.4 Å². The van der Waals surface area contributed by atoms with Crippen molar-refractivity contribution in [3.05, 3.63) is 35.9 Å². The highest BCUT2D eigenvalue weighted by Gasteiger charge is 2.25. The second-order valence-corrected chi connectivity index (χ2v) is 6.00. The highest BCUT2D eigenvalue weighted by atomic mass is 16.2. The lowest BCUT2D eigenvalue weighted by Crippen LogP contribution is -2.46. The summed E-state index contributed by atoms with van der Waals surface area (Å²) in [5.41, 5.74) is 6.59. The van der Waals surface area contributed by atoms with E-state index in [-0.39, 0.29) is 17.9 Å². The molecule has 1 atom stereocenters. The molecule has 1 aliphatic rings. The standard InChI is InChI=1S/C17H25N3O2/c1-13(14-5-3-2-4-6-14)7-10-19-17(22)20-11-8-15(9-12-20)16(18)21/h2-6,13,15H,7-12H2,1H3,(H2,18,21)(H,19,22)/t13-/m1/s1. The van der Waals surface area contributed by atoms with Gasteiger partial charge in [-0.25, -0.2) is 4.79 Å². The third kappa shape index (κ3) is 4.48. The summed E-state index contributed by atoms with van der Waals surface area (Å²) >= 11 is 0. The highest BCUT2D eigenvalue weighted by Crippen LogP contribution is 2.18. The minimum atomic E-state index is -0.253. The Hall–Kier alpha value is -2.04. The van der Waals surface area contributed by atoms with Crippen LogP contribution in [0.2, 0.25) is 0 Å². The number of nitrogens with zero attached hydrogens (tertiary/aromatic N) is 1. The van der Waals surface area contributed by atoms with Crippen LogP contribution in [0.4, 0.5) is 4.79 Å². The Balaban J connectivity index is 1.69. The van der Waals surface area contributed by atoms with Crippen LogP contribution in [-0.2, 0) is 4.79 Å². The summed E-state index contributed by atoms with van der Waals surface area (Å²) in [6.45, 7) is 4.03. The molecule has 1 saturated heterocycles. The average molecular weight is 303 g/mol. The van der Waals surface area contributed by atoms with Gasteiger partial charge < -0.3 is 16.0 Å². The first-order valence-corrected chi connectivity index (χ1v) is 7.95. The lowest BCUT2D eigenvalue weighted by molar-refractivity contribution is -0.123. The number of urea groups is 1. The molecule has 1 aromatic rings. The number of nitrogens with two attached hydrogens (primary N) is 1. The fourth-order valence-electron chi connectivity index (χ4n) is 2.82. The van der Waals surface area contributed by atoms with Crippen LogP contribution in [0.1, 0.15) is 37.7 Å². The van der Waals surface area contributed by atoms with E-state index < -0.39 is 0 Å². The molecule has 1 fully saturated rings. The van der Waals surface area contributed by atoms with Gasteiger partial charge in [0, 0.05) is 25.6 Å². The summed E-state index contributed by atoms with van der Waals surface area (Å²) in [4.78, 5) is 25.0. The predicted octanol–water partition coefficient (Wildman–Crippen LogP) is 2.09. The highest BCUT2D eigenvalue weighted by molar-refractivity contribution is 5.78. The van der Waals surface area contributed by atoms with E-state index in [0.717, 1.165) is 6.42 Å². The summed E-state index contributed by atoms with van der Waals surface area (Å²) in [7, 11) is 0. The molecule has 3 amide bonds. The van der Waals surface area contributed by atoms with Crippen molar-refractivity contribution in [1.82, 2.24) is 10.2 Å². The van der Waals surface area contributed by atoms with Gasteiger partial charge in [0.15, 0.2) is 0 Å². The quantitative estimate of drug-likeness (QED) is 0.874. The van der Waals surface area contributed by atoms with Crippen LogP contribution in [0.15, 0.2) is 30.3 Å². The van der Waals surface area contributed by atoms with Crippen molar-refractivity contribution in [3.8, 4) is 0 Å². The van der Waals surface area contributed by atoms with Crippen molar-refractivity contribution < 1.29 is 9.59 Å². The molecule has 2 rings (SSSR count). The van der Waals surface area contributed by atoms with Crippen molar-refractivity contribution in [3.63, 3.8) is 0 Å². The first-order chi connectivity index (χ1) is 10.6. The number of benzene rings is 1. The lowest BCUT2D eigenvalue weighted by Gasteiger charge is -2.30. The molecule has 1 aliphatic heterocycles. The zero-order chi connectivity index (χ0) is 15.9. The molecule has 0 spiro atoms. The lowest BCUT2D eigenvalue weighted by atomic mass is 9.96. The van der Waals surface area contributed by atoms with E-state index in [4.69, 9.17) is 5.73 Å². The van der Waals surface area contributed by atoms with Crippen LogP contribution >= 0.6 is 0 Å². The van der Waals surface area contributed by atoms with Gasteiger partial charge in [0.2, 0.25) is 5.91 Å². The molecular weight excluding hydrogens is 278 g/mol. The van der Waals surface area contributed by atoms with Gasteiger partial charge in [0.05, 0.1) is 0 Å². The Bertz CT molecular complexity index is 496. The number of primary amides is 1. The molecule has 3 N–H and O–H groups in total. The van der Waals surface area contributed by atoms with Gasteiger partial charge in [-0.1, -0.05) is 37.3 Å². The molecule has 5 heteroatoms. The number of rotatable bonds is 5. The first kappa shape index (κ1) is 16.3. The van der Waals surface area contributed by atoms with Gasteiger partial charge >= 0.3 is 6.03 Å². The Kier molecular flexibility index (Phi) is 5.81. The van der Waals surface area contributed by atoms with Crippen LogP contribution in [0.3, 0.4) is 0 Å². The molecule has 0 aliphatic carbocycles. The van der Waals surface area contributed by atoms with Gasteiger partial charge in [-0.3, -0.25) is 4.79 Å². The molecule has 0 radical (unpaired) electrons. The summed E-state index contributed by atoms with van der Waals surface area (Å²) in [5.74, 6) is 0.0843. The van der Waals surface area contributed by atoms with Crippen LogP contribution in [0.25, 0.3) is 0 Å². The molecule has 0 saturated carbocycles. The normalized spacial score (nSPS) is 17.0. The molecular formula is C17H25N3O2. The molecule has 22 heavy (non-hydrogen) atoms. The van der Waals surface area contributed by atoms with Crippen molar-refractivity contribution in [2.75, 3.05) is 19.6 Å². The third-order valence-electron chi connectivity index (χ3n) is 4.41. The zero-order valence-corrected chi connectivity index (χ0v) is 13.1. The van der Waals surface area contributed by atoms with Gasteiger partial charge in [-0.2, -0.15) is 0 Å². The number of hydrogen-bond donors (Lipinski definition) is 2. The maximum absolute atomic E-state index is 12.1. The number of piperidine rings is 1. The topological polar surface area (TPSA) is 75.4 Å². The number of amides is 3. The summed E-state index contributed by atoms with van der Waals surface area (Å²) in [6.07, 6.45) is 2.25. The van der Waals surface area contributed by atoms with Crippen molar-refractivity contribution >= 4 is 11.9 Å². The Morgan fingerprint density at radius 2 is 1.91 bits per heavy atom. The fourth-order valence-corrected chi connectivity index (χ4v) is 2.82. The second-order valence-electron chi connectivity index (χ2n) is 6.00. The SMILES string of the molecule is C[C@H](CCNC(=O)N1CCC(C(N)=O)CC1)c1ccccc1.